The van der Waals surface area contributed by atoms with Crippen LogP contribution in [0, 0.1) is 0 Å². The van der Waals surface area contributed by atoms with E-state index in [-0.39, 0.29) is 22.7 Å². The normalized spacial score (nSPS) is 16.3. The average Bonchev–Trinajstić information content (AvgIpc) is 3.21. The lowest BCUT2D eigenvalue weighted by molar-refractivity contribution is 0.0929. The minimum absolute atomic E-state index is 0.0904. The van der Waals surface area contributed by atoms with Crippen LogP contribution >= 0.6 is 34.7 Å². The summed E-state index contributed by atoms with van der Waals surface area (Å²) in [4.78, 5) is 12.5. The Balaban J connectivity index is 1.54. The molecular weight excluding hydrogens is 391 g/mol. The Morgan fingerprint density at radius 1 is 1.31 bits per heavy atom. The molecule has 2 aromatic heterocycles. The number of benzene rings is 1. The number of amides is 1. The van der Waals surface area contributed by atoms with E-state index >= 15 is 0 Å². The summed E-state index contributed by atoms with van der Waals surface area (Å²) in [5.41, 5.74) is 3.63. The first-order chi connectivity index (χ1) is 12.6. The molecule has 0 spiro atoms. The number of hydrogen-bond acceptors (Lipinski definition) is 4. The maximum absolute atomic E-state index is 12.5. The Hall–Kier alpha value is -1.89. The van der Waals surface area contributed by atoms with Gasteiger partial charge in [0.15, 0.2) is 5.69 Å². The van der Waals surface area contributed by atoms with Gasteiger partial charge in [0.1, 0.15) is 9.36 Å². The second-order valence-electron chi connectivity index (χ2n) is 6.23. The molecule has 3 aromatic rings. The van der Waals surface area contributed by atoms with Crippen molar-refractivity contribution in [1.82, 2.24) is 19.5 Å². The SMILES string of the molecule is O=C(N[C@@H]1CCCc2c1cnn2Cc1ccccc1)c1nsc(Cl)c1Cl. The molecule has 0 bridgehead atoms. The molecule has 26 heavy (non-hydrogen) atoms. The Bertz CT molecular complexity index is 938. The number of carbonyl (C=O) groups is 1. The number of nitrogens with one attached hydrogen (secondary N) is 1. The average molecular weight is 407 g/mol. The smallest absolute Gasteiger partial charge is 0.273 e. The predicted molar refractivity (Wildman–Crippen MR) is 103 cm³/mol. The van der Waals surface area contributed by atoms with E-state index in [1.54, 1.807) is 0 Å². The Kier molecular flexibility index (Phi) is 4.98. The van der Waals surface area contributed by atoms with Crippen LogP contribution in [0.3, 0.4) is 0 Å². The molecular formula is C18H16Cl2N4OS. The van der Waals surface area contributed by atoms with E-state index in [4.69, 9.17) is 23.2 Å². The Morgan fingerprint density at radius 2 is 2.12 bits per heavy atom. The molecule has 0 unspecified atom stereocenters. The molecule has 0 fully saturated rings. The van der Waals surface area contributed by atoms with Crippen LogP contribution < -0.4 is 5.32 Å². The summed E-state index contributed by atoms with van der Waals surface area (Å²) in [5.74, 6) is -0.299. The van der Waals surface area contributed by atoms with E-state index in [9.17, 15) is 4.79 Å². The van der Waals surface area contributed by atoms with Crippen molar-refractivity contribution in [1.29, 1.82) is 0 Å². The molecule has 1 amide bonds. The van der Waals surface area contributed by atoms with Gasteiger partial charge in [-0.05, 0) is 36.4 Å². The van der Waals surface area contributed by atoms with Gasteiger partial charge >= 0.3 is 0 Å². The van der Waals surface area contributed by atoms with Crippen LogP contribution in [0.25, 0.3) is 0 Å². The van der Waals surface area contributed by atoms with Crippen LogP contribution in [0.15, 0.2) is 36.5 Å². The first-order valence-corrected chi connectivity index (χ1v) is 9.86. The van der Waals surface area contributed by atoms with Crippen molar-refractivity contribution in [3.63, 3.8) is 0 Å². The third kappa shape index (κ3) is 3.37. The number of hydrogen-bond donors (Lipinski definition) is 1. The largest absolute Gasteiger partial charge is 0.344 e. The first-order valence-electron chi connectivity index (χ1n) is 8.33. The van der Waals surface area contributed by atoms with Gasteiger partial charge in [-0.2, -0.15) is 9.47 Å². The molecule has 1 aliphatic rings. The van der Waals surface area contributed by atoms with E-state index in [2.05, 4.69) is 26.9 Å². The first kappa shape index (κ1) is 17.5. The topological polar surface area (TPSA) is 59.8 Å². The quantitative estimate of drug-likeness (QED) is 0.693. The number of aromatic nitrogens is 3. The van der Waals surface area contributed by atoms with Gasteiger partial charge < -0.3 is 5.32 Å². The summed E-state index contributed by atoms with van der Waals surface area (Å²) in [6.07, 6.45) is 4.67. The molecule has 1 aliphatic carbocycles. The fraction of sp³-hybridized carbons (Fsp3) is 0.278. The summed E-state index contributed by atoms with van der Waals surface area (Å²) < 4.78 is 6.40. The van der Waals surface area contributed by atoms with E-state index in [1.807, 2.05) is 29.1 Å². The Labute approximate surface area is 165 Å². The molecule has 2 heterocycles. The van der Waals surface area contributed by atoms with Crippen molar-refractivity contribution in [2.24, 2.45) is 0 Å². The van der Waals surface area contributed by atoms with Gasteiger partial charge in [-0.1, -0.05) is 53.5 Å². The van der Waals surface area contributed by atoms with E-state index < -0.39 is 0 Å². The lowest BCUT2D eigenvalue weighted by atomic mass is 9.92. The lowest BCUT2D eigenvalue weighted by Crippen LogP contribution is -2.31. The third-order valence-electron chi connectivity index (χ3n) is 4.56. The van der Waals surface area contributed by atoms with Crippen LogP contribution in [0.5, 0.6) is 0 Å². The molecule has 1 atom stereocenters. The van der Waals surface area contributed by atoms with Crippen molar-refractivity contribution < 1.29 is 4.79 Å². The highest BCUT2D eigenvalue weighted by Crippen LogP contribution is 2.32. The van der Waals surface area contributed by atoms with Crippen molar-refractivity contribution in [3.8, 4) is 0 Å². The van der Waals surface area contributed by atoms with Crippen LogP contribution in [0.1, 0.15) is 46.2 Å². The lowest BCUT2D eigenvalue weighted by Gasteiger charge is -2.24. The number of carbonyl (C=O) groups excluding carboxylic acids is 1. The predicted octanol–water partition coefficient (Wildman–Crippen LogP) is 4.50. The zero-order chi connectivity index (χ0) is 18.1. The van der Waals surface area contributed by atoms with E-state index in [0.717, 1.165) is 42.9 Å². The number of fused-ring (bicyclic) bond motifs is 1. The van der Waals surface area contributed by atoms with Crippen molar-refractivity contribution in [2.45, 2.75) is 31.8 Å². The van der Waals surface area contributed by atoms with Crippen molar-refractivity contribution >= 4 is 40.6 Å². The van der Waals surface area contributed by atoms with Crippen LogP contribution in [-0.2, 0) is 13.0 Å². The Morgan fingerprint density at radius 3 is 2.85 bits per heavy atom. The molecule has 0 saturated heterocycles. The van der Waals surface area contributed by atoms with Gasteiger partial charge in [-0.25, -0.2) is 0 Å². The monoisotopic (exact) mass is 406 g/mol. The highest BCUT2D eigenvalue weighted by Gasteiger charge is 2.27. The highest BCUT2D eigenvalue weighted by atomic mass is 35.5. The zero-order valence-electron chi connectivity index (χ0n) is 13.8. The highest BCUT2D eigenvalue weighted by molar-refractivity contribution is 7.11. The van der Waals surface area contributed by atoms with Gasteiger partial charge in [-0.3, -0.25) is 9.48 Å². The second kappa shape index (κ2) is 7.39. The summed E-state index contributed by atoms with van der Waals surface area (Å²) in [6, 6.07) is 10.1. The molecule has 0 saturated carbocycles. The molecule has 0 radical (unpaired) electrons. The minimum atomic E-state index is -0.299. The third-order valence-corrected chi connectivity index (χ3v) is 6.17. The fourth-order valence-electron chi connectivity index (χ4n) is 3.29. The van der Waals surface area contributed by atoms with Gasteiger partial charge in [-0.15, -0.1) is 0 Å². The number of rotatable bonds is 4. The summed E-state index contributed by atoms with van der Waals surface area (Å²) in [5, 5.41) is 7.79. The van der Waals surface area contributed by atoms with Crippen LogP contribution in [0.4, 0.5) is 0 Å². The molecule has 1 aromatic carbocycles. The molecule has 4 rings (SSSR count). The molecule has 0 aliphatic heterocycles. The molecule has 5 nitrogen and oxygen atoms in total. The maximum Gasteiger partial charge on any atom is 0.273 e. The summed E-state index contributed by atoms with van der Waals surface area (Å²) in [6.45, 7) is 0.727. The molecule has 8 heteroatoms. The van der Waals surface area contributed by atoms with Crippen molar-refractivity contribution in [3.05, 3.63) is 68.4 Å². The summed E-state index contributed by atoms with van der Waals surface area (Å²) in [7, 11) is 0. The number of halogens is 2. The number of nitrogens with zero attached hydrogens (tertiary/aromatic N) is 3. The maximum atomic E-state index is 12.5. The van der Waals surface area contributed by atoms with Crippen molar-refractivity contribution in [2.75, 3.05) is 0 Å². The molecule has 134 valence electrons. The van der Waals surface area contributed by atoms with Crippen LogP contribution in [0.2, 0.25) is 9.36 Å². The standard InChI is InChI=1S/C18H16Cl2N4OS/c19-15-16(23-26-17(15)20)18(25)22-13-7-4-8-14-12(13)9-21-24(14)10-11-5-2-1-3-6-11/h1-3,5-6,9,13H,4,7-8,10H2,(H,22,25)/t13-/m1/s1. The summed E-state index contributed by atoms with van der Waals surface area (Å²) >= 11 is 13.0. The van der Waals surface area contributed by atoms with E-state index in [0.29, 0.717) is 4.34 Å². The zero-order valence-corrected chi connectivity index (χ0v) is 16.1. The molecule has 1 N–H and O–H groups in total. The van der Waals surface area contributed by atoms with E-state index in [1.165, 1.54) is 11.3 Å². The fourth-order valence-corrected chi connectivity index (χ4v) is 4.29. The van der Waals surface area contributed by atoms with Gasteiger partial charge in [0.2, 0.25) is 0 Å². The second-order valence-corrected chi connectivity index (χ2v) is 7.98. The van der Waals surface area contributed by atoms with Gasteiger partial charge in [0.25, 0.3) is 5.91 Å². The van der Waals surface area contributed by atoms with Gasteiger partial charge in [0, 0.05) is 11.3 Å². The van der Waals surface area contributed by atoms with Gasteiger partial charge in [0.05, 0.1) is 18.8 Å². The minimum Gasteiger partial charge on any atom is -0.344 e. The van der Waals surface area contributed by atoms with Crippen LogP contribution in [-0.4, -0.2) is 20.1 Å².